The van der Waals surface area contributed by atoms with E-state index in [1.54, 1.807) is 13.8 Å². The maximum atomic E-state index is 13.7. The molecule has 20 heavy (non-hydrogen) atoms. The van der Waals surface area contributed by atoms with Gasteiger partial charge in [-0.25, -0.2) is 4.39 Å². The highest BCUT2D eigenvalue weighted by Crippen LogP contribution is 2.29. The summed E-state index contributed by atoms with van der Waals surface area (Å²) in [4.78, 5) is 4.36. The molecule has 0 amide bonds. The van der Waals surface area contributed by atoms with Crippen molar-refractivity contribution in [3.05, 3.63) is 29.1 Å². The molecule has 0 aliphatic rings. The van der Waals surface area contributed by atoms with Gasteiger partial charge < -0.3 is 14.9 Å². The van der Waals surface area contributed by atoms with Crippen LogP contribution >= 0.6 is 0 Å². The van der Waals surface area contributed by atoms with Gasteiger partial charge in [0.2, 0.25) is 0 Å². The second-order valence-electron chi connectivity index (χ2n) is 5.57. The smallest absolute Gasteiger partial charge is 0.126 e. The van der Waals surface area contributed by atoms with Gasteiger partial charge in [0.05, 0.1) is 6.10 Å². The zero-order valence-electron chi connectivity index (χ0n) is 13.3. The van der Waals surface area contributed by atoms with Gasteiger partial charge in [0.15, 0.2) is 0 Å². The molecule has 1 N–H and O–H groups in total. The van der Waals surface area contributed by atoms with Crippen LogP contribution in [0.5, 0.6) is 0 Å². The normalized spacial score (nSPS) is 12.8. The SMILES string of the molecule is CCN(CCCN(C)C)c1cc(C)c(F)cc1[C@@H](C)O. The van der Waals surface area contributed by atoms with E-state index in [4.69, 9.17) is 0 Å². The second-order valence-corrected chi connectivity index (χ2v) is 5.57. The van der Waals surface area contributed by atoms with Crippen molar-refractivity contribution in [2.75, 3.05) is 38.6 Å². The second kappa shape index (κ2) is 7.60. The predicted molar refractivity (Wildman–Crippen MR) is 82.8 cm³/mol. The van der Waals surface area contributed by atoms with E-state index in [1.165, 1.54) is 6.07 Å². The van der Waals surface area contributed by atoms with Crippen LogP contribution < -0.4 is 4.90 Å². The molecule has 0 aromatic heterocycles. The van der Waals surface area contributed by atoms with Crippen molar-refractivity contribution in [3.63, 3.8) is 0 Å². The molecular weight excluding hydrogens is 255 g/mol. The lowest BCUT2D eigenvalue weighted by Gasteiger charge is -2.28. The summed E-state index contributed by atoms with van der Waals surface area (Å²) in [6, 6.07) is 3.31. The van der Waals surface area contributed by atoms with E-state index < -0.39 is 6.10 Å². The van der Waals surface area contributed by atoms with Crippen LogP contribution in [-0.4, -0.2) is 43.7 Å². The molecule has 1 aromatic rings. The molecule has 4 heteroatoms. The van der Waals surface area contributed by atoms with E-state index in [0.717, 1.165) is 31.7 Å². The number of aryl methyl sites for hydroxylation is 1. The van der Waals surface area contributed by atoms with Gasteiger partial charge in [-0.15, -0.1) is 0 Å². The Balaban J connectivity index is 2.98. The molecule has 0 saturated heterocycles. The van der Waals surface area contributed by atoms with Crippen molar-refractivity contribution in [1.82, 2.24) is 4.90 Å². The van der Waals surface area contributed by atoms with Crippen LogP contribution in [0.2, 0.25) is 0 Å². The molecule has 0 heterocycles. The zero-order chi connectivity index (χ0) is 15.3. The Morgan fingerprint density at radius 1 is 1.25 bits per heavy atom. The Kier molecular flexibility index (Phi) is 6.43. The van der Waals surface area contributed by atoms with Crippen LogP contribution in [0.25, 0.3) is 0 Å². The summed E-state index contributed by atoms with van der Waals surface area (Å²) in [6.07, 6.45) is 0.374. The molecule has 0 bridgehead atoms. The Morgan fingerprint density at radius 3 is 2.40 bits per heavy atom. The lowest BCUT2D eigenvalue weighted by molar-refractivity contribution is 0.199. The van der Waals surface area contributed by atoms with Gasteiger partial charge in [-0.3, -0.25) is 0 Å². The molecular formula is C16H27FN2O. The number of halogens is 1. The van der Waals surface area contributed by atoms with E-state index in [0.29, 0.717) is 11.1 Å². The van der Waals surface area contributed by atoms with E-state index in [1.807, 2.05) is 6.07 Å². The van der Waals surface area contributed by atoms with Gasteiger partial charge >= 0.3 is 0 Å². The number of nitrogens with zero attached hydrogens (tertiary/aromatic N) is 2. The summed E-state index contributed by atoms with van der Waals surface area (Å²) in [5.41, 5.74) is 2.23. The fourth-order valence-corrected chi connectivity index (χ4v) is 2.32. The van der Waals surface area contributed by atoms with Crippen LogP contribution in [0, 0.1) is 12.7 Å². The van der Waals surface area contributed by atoms with E-state index in [2.05, 4.69) is 30.8 Å². The standard InChI is InChI=1S/C16H27FN2O/c1-6-19(9-7-8-18(4)5)16-10-12(2)15(17)11-14(16)13(3)20/h10-11,13,20H,6-9H2,1-5H3/t13-/m1/s1. The maximum Gasteiger partial charge on any atom is 0.126 e. The molecule has 1 aromatic carbocycles. The minimum Gasteiger partial charge on any atom is -0.389 e. The lowest BCUT2D eigenvalue weighted by atomic mass is 10.0. The number of hydrogen-bond acceptors (Lipinski definition) is 3. The molecule has 0 saturated carbocycles. The van der Waals surface area contributed by atoms with Crippen molar-refractivity contribution in [3.8, 4) is 0 Å². The average molecular weight is 282 g/mol. The Morgan fingerprint density at radius 2 is 1.90 bits per heavy atom. The highest BCUT2D eigenvalue weighted by Gasteiger charge is 2.16. The van der Waals surface area contributed by atoms with E-state index in [9.17, 15) is 9.50 Å². The Hall–Kier alpha value is -1.13. The zero-order valence-corrected chi connectivity index (χ0v) is 13.3. The van der Waals surface area contributed by atoms with E-state index in [-0.39, 0.29) is 5.82 Å². The van der Waals surface area contributed by atoms with Crippen LogP contribution in [0.1, 0.15) is 37.5 Å². The number of aliphatic hydroxyl groups excluding tert-OH is 1. The Bertz CT molecular complexity index is 433. The van der Waals surface area contributed by atoms with Crippen LogP contribution in [0.3, 0.4) is 0 Å². The quantitative estimate of drug-likeness (QED) is 0.833. The van der Waals surface area contributed by atoms with Crippen molar-refractivity contribution in [2.24, 2.45) is 0 Å². The molecule has 0 aliphatic heterocycles. The molecule has 0 fully saturated rings. The molecule has 114 valence electrons. The van der Waals surface area contributed by atoms with Crippen LogP contribution in [0.15, 0.2) is 12.1 Å². The van der Waals surface area contributed by atoms with Gasteiger partial charge in [0, 0.05) is 24.3 Å². The van der Waals surface area contributed by atoms with Crippen molar-refractivity contribution in [2.45, 2.75) is 33.3 Å². The Labute approximate surface area is 122 Å². The third-order valence-electron chi connectivity index (χ3n) is 3.51. The summed E-state index contributed by atoms with van der Waals surface area (Å²) in [6.45, 7) is 8.29. The minimum atomic E-state index is -0.664. The monoisotopic (exact) mass is 282 g/mol. The minimum absolute atomic E-state index is 0.256. The molecule has 1 rings (SSSR count). The molecule has 1 atom stereocenters. The number of aliphatic hydroxyl groups is 1. The number of anilines is 1. The fourth-order valence-electron chi connectivity index (χ4n) is 2.32. The fraction of sp³-hybridized carbons (Fsp3) is 0.625. The largest absolute Gasteiger partial charge is 0.389 e. The summed E-state index contributed by atoms with van der Waals surface area (Å²) in [5, 5.41) is 9.88. The van der Waals surface area contributed by atoms with Crippen molar-refractivity contribution < 1.29 is 9.50 Å². The molecule has 0 spiro atoms. The first-order valence-corrected chi connectivity index (χ1v) is 7.24. The van der Waals surface area contributed by atoms with Gasteiger partial charge in [0.1, 0.15) is 5.82 Å². The number of benzene rings is 1. The van der Waals surface area contributed by atoms with Gasteiger partial charge in [-0.1, -0.05) is 0 Å². The molecule has 0 aliphatic carbocycles. The van der Waals surface area contributed by atoms with Crippen molar-refractivity contribution in [1.29, 1.82) is 0 Å². The molecule has 0 unspecified atom stereocenters. The van der Waals surface area contributed by atoms with Gasteiger partial charge in [0.25, 0.3) is 0 Å². The number of rotatable bonds is 7. The third kappa shape index (κ3) is 4.46. The first-order chi connectivity index (χ1) is 9.36. The van der Waals surface area contributed by atoms with E-state index >= 15 is 0 Å². The van der Waals surface area contributed by atoms with Crippen LogP contribution in [-0.2, 0) is 0 Å². The van der Waals surface area contributed by atoms with Gasteiger partial charge in [-0.2, -0.15) is 0 Å². The summed E-state index contributed by atoms with van der Waals surface area (Å²) in [7, 11) is 4.11. The lowest BCUT2D eigenvalue weighted by Crippen LogP contribution is -2.28. The molecule has 3 nitrogen and oxygen atoms in total. The first kappa shape index (κ1) is 16.9. The molecule has 0 radical (unpaired) electrons. The third-order valence-corrected chi connectivity index (χ3v) is 3.51. The predicted octanol–water partition coefficient (Wildman–Crippen LogP) is 2.97. The highest BCUT2D eigenvalue weighted by atomic mass is 19.1. The summed E-state index contributed by atoms with van der Waals surface area (Å²) >= 11 is 0. The first-order valence-electron chi connectivity index (χ1n) is 7.24. The number of hydrogen-bond donors (Lipinski definition) is 1. The maximum absolute atomic E-state index is 13.7. The van der Waals surface area contributed by atoms with Crippen molar-refractivity contribution >= 4 is 5.69 Å². The average Bonchev–Trinajstić information content (AvgIpc) is 2.37. The topological polar surface area (TPSA) is 26.7 Å². The van der Waals surface area contributed by atoms with Gasteiger partial charge in [-0.05, 0) is 65.5 Å². The van der Waals surface area contributed by atoms with Crippen LogP contribution in [0.4, 0.5) is 10.1 Å². The summed E-state index contributed by atoms with van der Waals surface area (Å²) in [5.74, 6) is -0.256. The highest BCUT2D eigenvalue weighted by molar-refractivity contribution is 5.56. The summed E-state index contributed by atoms with van der Waals surface area (Å²) < 4.78 is 13.7.